The largest absolute Gasteiger partial charge is 0.447 e. The van der Waals surface area contributed by atoms with Gasteiger partial charge in [0.05, 0.1) is 61.4 Å². The van der Waals surface area contributed by atoms with Crippen molar-refractivity contribution in [1.82, 2.24) is 9.80 Å². The van der Waals surface area contributed by atoms with E-state index in [1.54, 1.807) is 20.8 Å². The first-order valence-electron chi connectivity index (χ1n) is 18.4. The van der Waals surface area contributed by atoms with E-state index in [9.17, 15) is 24.0 Å². The molecule has 3 heterocycles. The van der Waals surface area contributed by atoms with Crippen LogP contribution >= 0.6 is 0 Å². The van der Waals surface area contributed by atoms with Crippen LogP contribution in [0.15, 0.2) is 36.4 Å². The quantitative estimate of drug-likeness (QED) is 0.0801. The van der Waals surface area contributed by atoms with Crippen LogP contribution in [0.1, 0.15) is 138 Å². The van der Waals surface area contributed by atoms with Gasteiger partial charge in [0, 0.05) is 34.8 Å². The van der Waals surface area contributed by atoms with Gasteiger partial charge in [-0.05, 0) is 77.6 Å². The maximum absolute atomic E-state index is 13.6. The maximum atomic E-state index is 13.6. The van der Waals surface area contributed by atoms with Gasteiger partial charge >= 0.3 is 5.97 Å². The highest BCUT2D eigenvalue weighted by atomic mass is 16.6. The molecule has 3 aliphatic rings. The minimum atomic E-state index is -1.27. The average molecular weight is 705 g/mol. The van der Waals surface area contributed by atoms with Crippen molar-refractivity contribution in [2.24, 2.45) is 0 Å². The Labute approximate surface area is 300 Å². The molecule has 2 amide bonds. The summed E-state index contributed by atoms with van der Waals surface area (Å²) in [4.78, 5) is 70.1. The van der Waals surface area contributed by atoms with Gasteiger partial charge in [-0.15, -0.1) is 0 Å². The Morgan fingerprint density at radius 3 is 1.86 bits per heavy atom. The molecule has 1 fully saturated rings. The molecule has 0 saturated carbocycles. The molecule has 1 saturated heterocycles. The highest BCUT2D eigenvalue weighted by molar-refractivity contribution is 6.23. The fourth-order valence-electron chi connectivity index (χ4n) is 7.50. The first-order chi connectivity index (χ1) is 24.3. The summed E-state index contributed by atoms with van der Waals surface area (Å²) in [7, 11) is 0. The molecule has 0 spiro atoms. The van der Waals surface area contributed by atoms with Crippen LogP contribution in [0.3, 0.4) is 0 Å². The third kappa shape index (κ3) is 7.58. The van der Waals surface area contributed by atoms with E-state index >= 15 is 0 Å². The van der Waals surface area contributed by atoms with Crippen LogP contribution in [0.25, 0.3) is 0 Å². The zero-order valence-electron chi connectivity index (χ0n) is 31.2. The molecule has 0 bridgehead atoms. The normalized spacial score (nSPS) is 23.0. The standard InChI is InChI=1S/C40H52N2O9/c1-9-33-34(10-2)41(33)23(5)19-48-21-25(7)50-22-26(8)49-20-24(6)42-37(45)29-15-13-28(18-32(29)38(42)46)35(43)27-14-16-30-31(17-27)36(44)40(11-3,12-4)51-39(30)47/h13-18,23-26,33-34H,9-12,19-22H2,1-8H3. The summed E-state index contributed by atoms with van der Waals surface area (Å²) < 4.78 is 23.4. The third-order valence-corrected chi connectivity index (χ3v) is 10.6. The smallest absolute Gasteiger partial charge is 0.339 e. The van der Waals surface area contributed by atoms with Gasteiger partial charge in [0.2, 0.25) is 5.78 Å². The van der Waals surface area contributed by atoms with Crippen LogP contribution in [-0.4, -0.2) is 108 Å². The van der Waals surface area contributed by atoms with Crippen LogP contribution in [0.2, 0.25) is 0 Å². The molecule has 6 atom stereocenters. The number of rotatable bonds is 18. The van der Waals surface area contributed by atoms with Crippen LogP contribution in [0.5, 0.6) is 0 Å². The first kappa shape index (κ1) is 38.5. The number of Topliss-reactive ketones (excluding diaryl/α,β-unsaturated/α-hetero) is 1. The SMILES string of the molecule is CCC1C(CC)N1C(C)COCC(C)OCC(C)OCC(C)N1C(=O)c2ccc(C(=O)c3ccc4c(c3)C(=O)C(CC)(CC)OC4=O)cc2C1=O. The molecular weight excluding hydrogens is 652 g/mol. The molecular formula is C40H52N2O9. The Morgan fingerprint density at radius 2 is 1.25 bits per heavy atom. The Balaban J connectivity index is 1.13. The van der Waals surface area contributed by atoms with Crippen LogP contribution in [-0.2, 0) is 18.9 Å². The summed E-state index contributed by atoms with van der Waals surface area (Å²) in [6, 6.07) is 9.81. The van der Waals surface area contributed by atoms with E-state index in [2.05, 4.69) is 25.7 Å². The second-order valence-corrected chi connectivity index (χ2v) is 14.2. The second kappa shape index (κ2) is 15.9. The number of hydrogen-bond donors (Lipinski definition) is 0. The van der Waals surface area contributed by atoms with Gasteiger partial charge in [-0.2, -0.15) is 0 Å². The highest BCUT2D eigenvalue weighted by Gasteiger charge is 2.47. The van der Waals surface area contributed by atoms with E-state index < -0.39 is 35.2 Å². The number of carbonyl (C=O) groups excluding carboxylic acids is 5. The van der Waals surface area contributed by atoms with Crippen LogP contribution in [0.4, 0.5) is 0 Å². The van der Waals surface area contributed by atoms with Gasteiger partial charge in [0.15, 0.2) is 11.4 Å². The van der Waals surface area contributed by atoms with Gasteiger partial charge in [-0.3, -0.25) is 29.0 Å². The molecule has 0 aliphatic carbocycles. The van der Waals surface area contributed by atoms with Gasteiger partial charge < -0.3 is 18.9 Å². The third-order valence-electron chi connectivity index (χ3n) is 10.6. The lowest BCUT2D eigenvalue weighted by atomic mass is 9.82. The molecule has 2 aromatic carbocycles. The maximum Gasteiger partial charge on any atom is 0.339 e. The van der Waals surface area contributed by atoms with Gasteiger partial charge in [-0.1, -0.05) is 39.8 Å². The zero-order valence-corrected chi connectivity index (χ0v) is 31.2. The number of benzene rings is 2. The molecule has 5 rings (SSSR count). The first-order valence-corrected chi connectivity index (χ1v) is 18.4. The summed E-state index contributed by atoms with van der Waals surface area (Å²) in [6.45, 7) is 17.4. The molecule has 6 unspecified atom stereocenters. The minimum absolute atomic E-state index is 0.111. The number of esters is 1. The number of ether oxygens (including phenoxy) is 4. The van der Waals surface area contributed by atoms with Crippen LogP contribution in [0, 0.1) is 0 Å². The van der Waals surface area contributed by atoms with Gasteiger partial charge in [0.25, 0.3) is 11.8 Å². The number of cyclic esters (lactones) is 1. The predicted molar refractivity (Wildman–Crippen MR) is 190 cm³/mol. The molecule has 0 N–H and O–H groups in total. The Morgan fingerprint density at radius 1 is 0.706 bits per heavy atom. The molecule has 276 valence electrons. The summed E-state index contributed by atoms with van der Waals surface area (Å²) in [5, 5.41) is 0. The fourth-order valence-corrected chi connectivity index (χ4v) is 7.50. The Kier molecular flexibility index (Phi) is 12.0. The fraction of sp³-hybridized carbons (Fsp3) is 0.575. The van der Waals surface area contributed by atoms with Gasteiger partial charge in [-0.25, -0.2) is 4.79 Å². The summed E-state index contributed by atoms with van der Waals surface area (Å²) in [6.07, 6.45) is 2.54. The molecule has 11 heteroatoms. The number of nitrogens with zero attached hydrogens (tertiary/aromatic N) is 2. The number of hydrogen-bond acceptors (Lipinski definition) is 10. The summed E-state index contributed by atoms with van der Waals surface area (Å²) in [5.74, 6) is -2.36. The lowest BCUT2D eigenvalue weighted by Crippen LogP contribution is -2.46. The van der Waals surface area contributed by atoms with Crippen molar-refractivity contribution in [2.45, 2.75) is 123 Å². The molecule has 11 nitrogen and oxygen atoms in total. The zero-order chi connectivity index (χ0) is 37.2. The van der Waals surface area contributed by atoms with E-state index in [1.807, 2.05) is 13.8 Å². The lowest BCUT2D eigenvalue weighted by Gasteiger charge is -2.34. The van der Waals surface area contributed by atoms with Crippen molar-refractivity contribution < 1.29 is 42.9 Å². The van der Waals surface area contributed by atoms with E-state index in [4.69, 9.17) is 18.9 Å². The van der Waals surface area contributed by atoms with E-state index in [-0.39, 0.29) is 58.0 Å². The second-order valence-electron chi connectivity index (χ2n) is 14.2. The average Bonchev–Trinajstić information content (AvgIpc) is 3.81. The van der Waals surface area contributed by atoms with Crippen LogP contribution < -0.4 is 0 Å². The van der Waals surface area contributed by atoms with Crippen molar-refractivity contribution in [3.63, 3.8) is 0 Å². The molecule has 2 aromatic rings. The number of imide groups is 1. The van der Waals surface area contributed by atoms with Crippen molar-refractivity contribution in [2.75, 3.05) is 26.4 Å². The Bertz CT molecular complexity index is 1660. The van der Waals surface area contributed by atoms with Crippen molar-refractivity contribution >= 4 is 29.4 Å². The molecule has 3 aliphatic heterocycles. The minimum Gasteiger partial charge on any atom is -0.447 e. The number of fused-ring (bicyclic) bond motifs is 2. The number of ketones is 2. The molecule has 0 radical (unpaired) electrons. The molecule has 0 aromatic heterocycles. The van der Waals surface area contributed by atoms with E-state index in [0.717, 1.165) is 17.7 Å². The summed E-state index contributed by atoms with van der Waals surface area (Å²) in [5.41, 5.74) is -0.313. The summed E-state index contributed by atoms with van der Waals surface area (Å²) >= 11 is 0. The number of carbonyl (C=O) groups is 5. The number of amides is 2. The Hall–Kier alpha value is -3.77. The highest BCUT2D eigenvalue weighted by Crippen LogP contribution is 2.36. The van der Waals surface area contributed by atoms with Crippen molar-refractivity contribution in [3.05, 3.63) is 69.8 Å². The molecule has 51 heavy (non-hydrogen) atoms. The topological polar surface area (TPSA) is 129 Å². The van der Waals surface area contributed by atoms with E-state index in [1.165, 1.54) is 36.4 Å². The van der Waals surface area contributed by atoms with Crippen molar-refractivity contribution in [3.8, 4) is 0 Å². The van der Waals surface area contributed by atoms with Gasteiger partial charge in [0.1, 0.15) is 0 Å². The lowest BCUT2D eigenvalue weighted by molar-refractivity contribution is -0.0653. The predicted octanol–water partition coefficient (Wildman–Crippen LogP) is 5.90. The monoisotopic (exact) mass is 704 g/mol. The van der Waals surface area contributed by atoms with E-state index in [0.29, 0.717) is 50.8 Å². The van der Waals surface area contributed by atoms with Crippen molar-refractivity contribution in [1.29, 1.82) is 0 Å².